The molecule has 0 aromatic heterocycles. The number of benzene rings is 2. The predicted molar refractivity (Wildman–Crippen MR) is 89.3 cm³/mol. The van der Waals surface area contributed by atoms with Crippen molar-refractivity contribution in [1.29, 1.82) is 0 Å². The Bertz CT molecular complexity index is 685. The summed E-state index contributed by atoms with van der Waals surface area (Å²) in [6, 6.07) is 18.7. The van der Waals surface area contributed by atoms with Crippen molar-refractivity contribution in [2.75, 3.05) is 0 Å². The normalized spacial score (nSPS) is 20.7. The Morgan fingerprint density at radius 1 is 0.909 bits per heavy atom. The van der Waals surface area contributed by atoms with Crippen molar-refractivity contribution in [3.05, 3.63) is 95.7 Å². The van der Waals surface area contributed by atoms with Crippen molar-refractivity contribution >= 4 is 6.41 Å². The van der Waals surface area contributed by atoms with Gasteiger partial charge in [0, 0.05) is 12.1 Å². The number of allylic oxidation sites excluding steroid dienone is 2. The van der Waals surface area contributed by atoms with E-state index in [9.17, 15) is 4.79 Å². The third kappa shape index (κ3) is 2.86. The lowest BCUT2D eigenvalue weighted by Crippen LogP contribution is -2.26. The summed E-state index contributed by atoms with van der Waals surface area (Å²) in [6.07, 6.45) is 8.85. The maximum Gasteiger partial charge on any atom is 0.214 e. The first-order valence-electron chi connectivity index (χ1n) is 7.49. The van der Waals surface area contributed by atoms with Crippen LogP contribution in [-0.4, -0.2) is 11.3 Å². The second kappa shape index (κ2) is 6.44. The summed E-state index contributed by atoms with van der Waals surface area (Å²) in [6.45, 7) is 2.08. The zero-order chi connectivity index (χ0) is 15.4. The van der Waals surface area contributed by atoms with Crippen LogP contribution in [-0.2, 0) is 4.79 Å². The number of carbonyl (C=O) groups excluding carboxylic acids is 1. The zero-order valence-corrected chi connectivity index (χ0v) is 12.6. The first kappa shape index (κ1) is 14.3. The molecule has 0 fully saturated rings. The summed E-state index contributed by atoms with van der Waals surface area (Å²) in [5, 5.41) is 0. The topological polar surface area (TPSA) is 20.3 Å². The Morgan fingerprint density at radius 3 is 2.32 bits per heavy atom. The largest absolute Gasteiger partial charge is 0.313 e. The van der Waals surface area contributed by atoms with Crippen LogP contribution in [0, 0.1) is 6.92 Å². The van der Waals surface area contributed by atoms with Crippen LogP contribution in [0.3, 0.4) is 0 Å². The van der Waals surface area contributed by atoms with Gasteiger partial charge in [0.25, 0.3) is 0 Å². The maximum absolute atomic E-state index is 11.6. The van der Waals surface area contributed by atoms with Gasteiger partial charge in [-0.25, -0.2) is 0 Å². The van der Waals surface area contributed by atoms with Gasteiger partial charge in [0.1, 0.15) is 0 Å². The zero-order valence-electron chi connectivity index (χ0n) is 12.6. The van der Waals surface area contributed by atoms with Crippen LogP contribution in [0.1, 0.15) is 28.7 Å². The Hall–Kier alpha value is -2.61. The molecule has 110 valence electrons. The fourth-order valence-corrected chi connectivity index (χ4v) is 2.93. The van der Waals surface area contributed by atoms with Crippen molar-refractivity contribution in [2.45, 2.75) is 18.9 Å². The van der Waals surface area contributed by atoms with E-state index in [2.05, 4.69) is 49.4 Å². The van der Waals surface area contributed by atoms with E-state index in [-0.39, 0.29) is 12.0 Å². The number of rotatable bonds is 3. The molecule has 0 saturated heterocycles. The van der Waals surface area contributed by atoms with Crippen LogP contribution in [0.4, 0.5) is 0 Å². The molecule has 1 aliphatic rings. The van der Waals surface area contributed by atoms with E-state index in [0.29, 0.717) is 0 Å². The van der Waals surface area contributed by atoms with Gasteiger partial charge in [0.05, 0.1) is 6.04 Å². The van der Waals surface area contributed by atoms with Crippen molar-refractivity contribution in [2.24, 2.45) is 0 Å². The molecule has 2 atom stereocenters. The third-order valence-electron chi connectivity index (χ3n) is 4.07. The molecule has 0 aliphatic carbocycles. The Kier molecular flexibility index (Phi) is 4.19. The molecule has 2 nitrogen and oxygen atoms in total. The van der Waals surface area contributed by atoms with Gasteiger partial charge in [-0.05, 0) is 24.1 Å². The molecule has 1 aliphatic heterocycles. The molecule has 1 amide bonds. The number of hydrogen-bond acceptors (Lipinski definition) is 1. The lowest BCUT2D eigenvalue weighted by molar-refractivity contribution is -0.117. The van der Waals surface area contributed by atoms with Gasteiger partial charge in [-0.1, -0.05) is 72.3 Å². The van der Waals surface area contributed by atoms with E-state index in [1.807, 2.05) is 36.6 Å². The minimum atomic E-state index is -0.0311. The molecule has 3 rings (SSSR count). The lowest BCUT2D eigenvalue weighted by atomic mass is 9.86. The fourth-order valence-electron chi connectivity index (χ4n) is 2.93. The number of aryl methyl sites for hydroxylation is 1. The second-order valence-electron chi connectivity index (χ2n) is 5.57. The average molecular weight is 289 g/mol. The Balaban J connectivity index is 2.08. The van der Waals surface area contributed by atoms with Crippen LogP contribution in [0.15, 0.2) is 79.0 Å². The minimum Gasteiger partial charge on any atom is -0.313 e. The van der Waals surface area contributed by atoms with Gasteiger partial charge in [0.2, 0.25) is 6.41 Å². The quantitative estimate of drug-likeness (QED) is 0.769. The molecule has 0 N–H and O–H groups in total. The van der Waals surface area contributed by atoms with Gasteiger partial charge >= 0.3 is 0 Å². The van der Waals surface area contributed by atoms with E-state index < -0.39 is 0 Å². The smallest absolute Gasteiger partial charge is 0.214 e. The highest BCUT2D eigenvalue weighted by molar-refractivity contribution is 5.53. The highest BCUT2D eigenvalue weighted by Gasteiger charge is 2.27. The molecule has 0 spiro atoms. The monoisotopic (exact) mass is 289 g/mol. The fraction of sp³-hybridized carbons (Fsp3) is 0.150. The highest BCUT2D eigenvalue weighted by atomic mass is 16.1. The summed E-state index contributed by atoms with van der Waals surface area (Å²) < 4.78 is 0. The molecule has 2 aromatic rings. The summed E-state index contributed by atoms with van der Waals surface area (Å²) in [5.41, 5.74) is 3.59. The first-order valence-corrected chi connectivity index (χ1v) is 7.49. The second-order valence-corrected chi connectivity index (χ2v) is 5.57. The molecular weight excluding hydrogens is 270 g/mol. The lowest BCUT2D eigenvalue weighted by Gasteiger charge is -2.31. The predicted octanol–water partition coefficient (Wildman–Crippen LogP) is 4.36. The van der Waals surface area contributed by atoms with E-state index in [1.54, 1.807) is 4.90 Å². The summed E-state index contributed by atoms with van der Waals surface area (Å²) in [5.74, 6) is 0.128. The number of hydrogen-bond donors (Lipinski definition) is 0. The van der Waals surface area contributed by atoms with Crippen molar-refractivity contribution < 1.29 is 4.79 Å². The summed E-state index contributed by atoms with van der Waals surface area (Å²) in [4.78, 5) is 13.3. The maximum atomic E-state index is 11.6. The van der Waals surface area contributed by atoms with Crippen molar-refractivity contribution in [3.63, 3.8) is 0 Å². The van der Waals surface area contributed by atoms with Crippen molar-refractivity contribution in [1.82, 2.24) is 4.90 Å². The van der Waals surface area contributed by atoms with Gasteiger partial charge < -0.3 is 4.90 Å². The van der Waals surface area contributed by atoms with Gasteiger partial charge in [-0.2, -0.15) is 0 Å². The molecule has 0 bridgehead atoms. The highest BCUT2D eigenvalue weighted by Crippen LogP contribution is 2.38. The number of carbonyl (C=O) groups is 1. The molecule has 2 heteroatoms. The molecule has 22 heavy (non-hydrogen) atoms. The first-order chi connectivity index (χ1) is 10.8. The molecular formula is C20H19NO. The Morgan fingerprint density at radius 2 is 1.64 bits per heavy atom. The van der Waals surface area contributed by atoms with Gasteiger partial charge in [0.15, 0.2) is 0 Å². The summed E-state index contributed by atoms with van der Waals surface area (Å²) >= 11 is 0. The van der Waals surface area contributed by atoms with E-state index >= 15 is 0 Å². The Labute approximate surface area is 131 Å². The molecule has 1 heterocycles. The van der Waals surface area contributed by atoms with E-state index in [1.165, 1.54) is 11.1 Å². The third-order valence-corrected chi connectivity index (χ3v) is 4.07. The average Bonchev–Trinajstić information content (AvgIpc) is 2.78. The van der Waals surface area contributed by atoms with Gasteiger partial charge in [-0.15, -0.1) is 0 Å². The minimum absolute atomic E-state index is 0.0311. The van der Waals surface area contributed by atoms with E-state index in [4.69, 9.17) is 0 Å². The molecule has 2 aromatic carbocycles. The summed E-state index contributed by atoms with van der Waals surface area (Å²) in [7, 11) is 0. The standard InChI is InChI=1S/C20H19NO/c1-16-10-12-17(13-11-16)19-9-5-6-14-21(15-22)20(19)18-7-3-2-4-8-18/h2-15,19-20H,1H3/t19-,20-/m0/s1. The SMILES string of the molecule is Cc1ccc([C@@H]2C=CC=CN(C=O)[C@H]2c2ccccc2)cc1. The number of amides is 1. The molecule has 0 unspecified atom stereocenters. The van der Waals surface area contributed by atoms with Crippen LogP contribution >= 0.6 is 0 Å². The van der Waals surface area contributed by atoms with Crippen LogP contribution < -0.4 is 0 Å². The van der Waals surface area contributed by atoms with Crippen molar-refractivity contribution in [3.8, 4) is 0 Å². The van der Waals surface area contributed by atoms with Gasteiger partial charge in [-0.3, -0.25) is 4.79 Å². The van der Waals surface area contributed by atoms with Crippen LogP contribution in [0.5, 0.6) is 0 Å². The van der Waals surface area contributed by atoms with Crippen LogP contribution in [0.2, 0.25) is 0 Å². The van der Waals surface area contributed by atoms with Crippen LogP contribution in [0.25, 0.3) is 0 Å². The molecule has 0 saturated carbocycles. The number of nitrogens with zero attached hydrogens (tertiary/aromatic N) is 1. The van der Waals surface area contributed by atoms with E-state index in [0.717, 1.165) is 12.0 Å². The molecule has 0 radical (unpaired) electrons.